The summed E-state index contributed by atoms with van der Waals surface area (Å²) in [6.45, 7) is 4.82. The van der Waals surface area contributed by atoms with Crippen LogP contribution in [0, 0.1) is 13.8 Å². The first-order valence-corrected chi connectivity index (χ1v) is 5.74. The molecule has 0 aromatic carbocycles. The molecule has 2 rings (SSSR count). The Bertz CT molecular complexity index is 379. The highest BCUT2D eigenvalue weighted by atomic mass is 16.2. The van der Waals surface area contributed by atoms with Gasteiger partial charge in [0.1, 0.15) is 0 Å². The van der Waals surface area contributed by atoms with Crippen molar-refractivity contribution in [3.8, 4) is 0 Å². The fraction of sp³-hybridized carbons (Fsp3) is 0.636. The van der Waals surface area contributed by atoms with Crippen molar-refractivity contribution in [1.82, 2.24) is 15.5 Å². The number of aryl methyl sites for hydroxylation is 1. The molecule has 1 aliphatic rings. The van der Waals surface area contributed by atoms with Gasteiger partial charge in [0.05, 0.1) is 6.04 Å². The van der Waals surface area contributed by atoms with E-state index in [1.807, 2.05) is 13.8 Å². The molecular formula is C11H18N4O. The van der Waals surface area contributed by atoms with Gasteiger partial charge in [-0.15, -0.1) is 0 Å². The number of amides is 1. The van der Waals surface area contributed by atoms with Crippen molar-refractivity contribution in [3.05, 3.63) is 11.3 Å². The lowest BCUT2D eigenvalue weighted by molar-refractivity contribution is -0.118. The normalized spacial score (nSPS) is 20.8. The average molecular weight is 222 g/mol. The number of hydrogen-bond acceptors (Lipinski definition) is 3. The van der Waals surface area contributed by atoms with Crippen molar-refractivity contribution in [2.75, 3.05) is 11.9 Å². The number of nitrogens with zero attached hydrogens (tertiary/aromatic N) is 1. The first kappa shape index (κ1) is 11.1. The standard InChI is InChI=1S/C11H18N4O/c1-7-8(2)14-15-10(7)13-11(16)9-5-3-4-6-12-9/h9,12H,3-6H2,1-2H3,(H2,13,14,15,16). The van der Waals surface area contributed by atoms with Crippen LogP contribution in [0.5, 0.6) is 0 Å². The molecule has 1 fully saturated rings. The van der Waals surface area contributed by atoms with E-state index in [9.17, 15) is 4.79 Å². The summed E-state index contributed by atoms with van der Waals surface area (Å²) in [5.41, 5.74) is 2.00. The molecule has 3 N–H and O–H groups in total. The van der Waals surface area contributed by atoms with Gasteiger partial charge in [0, 0.05) is 11.3 Å². The number of H-pyrrole nitrogens is 1. The first-order valence-electron chi connectivity index (χ1n) is 5.74. The van der Waals surface area contributed by atoms with Gasteiger partial charge in [0.2, 0.25) is 5.91 Å². The van der Waals surface area contributed by atoms with Crippen molar-refractivity contribution < 1.29 is 4.79 Å². The molecule has 0 aliphatic carbocycles. The van der Waals surface area contributed by atoms with Crippen LogP contribution < -0.4 is 10.6 Å². The Morgan fingerprint density at radius 2 is 2.25 bits per heavy atom. The maximum absolute atomic E-state index is 11.9. The van der Waals surface area contributed by atoms with E-state index in [1.165, 1.54) is 0 Å². The lowest BCUT2D eigenvalue weighted by atomic mass is 10.0. The molecule has 2 heterocycles. The van der Waals surface area contributed by atoms with E-state index in [0.717, 1.165) is 37.1 Å². The monoisotopic (exact) mass is 222 g/mol. The van der Waals surface area contributed by atoms with Crippen LogP contribution in [0.3, 0.4) is 0 Å². The molecule has 1 aliphatic heterocycles. The smallest absolute Gasteiger partial charge is 0.242 e. The van der Waals surface area contributed by atoms with Crippen LogP contribution in [0.2, 0.25) is 0 Å². The van der Waals surface area contributed by atoms with Crippen molar-refractivity contribution in [1.29, 1.82) is 0 Å². The lowest BCUT2D eigenvalue weighted by Crippen LogP contribution is -2.43. The second-order valence-corrected chi connectivity index (χ2v) is 4.31. The van der Waals surface area contributed by atoms with Gasteiger partial charge in [0.25, 0.3) is 0 Å². The Morgan fingerprint density at radius 3 is 2.81 bits per heavy atom. The second-order valence-electron chi connectivity index (χ2n) is 4.31. The fourth-order valence-corrected chi connectivity index (χ4v) is 1.89. The molecule has 88 valence electrons. The fourth-order valence-electron chi connectivity index (χ4n) is 1.89. The van der Waals surface area contributed by atoms with E-state index >= 15 is 0 Å². The van der Waals surface area contributed by atoms with Crippen LogP contribution in [-0.4, -0.2) is 28.7 Å². The summed E-state index contributed by atoms with van der Waals surface area (Å²) >= 11 is 0. The molecule has 1 aromatic rings. The van der Waals surface area contributed by atoms with E-state index < -0.39 is 0 Å². The van der Waals surface area contributed by atoms with E-state index in [0.29, 0.717) is 5.82 Å². The molecular weight excluding hydrogens is 204 g/mol. The zero-order chi connectivity index (χ0) is 11.5. The lowest BCUT2D eigenvalue weighted by Gasteiger charge is -2.22. The third-order valence-electron chi connectivity index (χ3n) is 3.12. The molecule has 1 unspecified atom stereocenters. The van der Waals surface area contributed by atoms with Crippen LogP contribution in [-0.2, 0) is 4.79 Å². The van der Waals surface area contributed by atoms with Crippen LogP contribution in [0.1, 0.15) is 30.5 Å². The molecule has 1 aromatic heterocycles. The summed E-state index contributed by atoms with van der Waals surface area (Å²) in [4.78, 5) is 11.9. The molecule has 1 atom stereocenters. The van der Waals surface area contributed by atoms with Gasteiger partial charge in [-0.25, -0.2) is 0 Å². The topological polar surface area (TPSA) is 69.8 Å². The van der Waals surface area contributed by atoms with Crippen molar-refractivity contribution >= 4 is 11.7 Å². The molecule has 1 saturated heterocycles. The van der Waals surface area contributed by atoms with Gasteiger partial charge in [-0.2, -0.15) is 5.10 Å². The van der Waals surface area contributed by atoms with Crippen LogP contribution >= 0.6 is 0 Å². The van der Waals surface area contributed by atoms with E-state index in [2.05, 4.69) is 20.8 Å². The minimum atomic E-state index is -0.0647. The van der Waals surface area contributed by atoms with E-state index in [1.54, 1.807) is 0 Å². The highest BCUT2D eigenvalue weighted by molar-refractivity contribution is 5.94. The number of aromatic amines is 1. The SMILES string of the molecule is Cc1[nH]nc(NC(=O)C2CCCCN2)c1C. The Labute approximate surface area is 95.0 Å². The van der Waals surface area contributed by atoms with Gasteiger partial charge in [-0.1, -0.05) is 6.42 Å². The molecule has 5 nitrogen and oxygen atoms in total. The number of aromatic nitrogens is 2. The zero-order valence-corrected chi connectivity index (χ0v) is 9.76. The molecule has 0 bridgehead atoms. The maximum atomic E-state index is 11.9. The van der Waals surface area contributed by atoms with E-state index in [-0.39, 0.29) is 11.9 Å². The molecule has 0 saturated carbocycles. The average Bonchev–Trinajstić information content (AvgIpc) is 2.62. The quantitative estimate of drug-likeness (QED) is 0.702. The Hall–Kier alpha value is -1.36. The van der Waals surface area contributed by atoms with Gasteiger partial charge < -0.3 is 10.6 Å². The summed E-state index contributed by atoms with van der Waals surface area (Å²) in [5, 5.41) is 13.0. The molecule has 16 heavy (non-hydrogen) atoms. The molecule has 0 spiro atoms. The largest absolute Gasteiger partial charge is 0.308 e. The van der Waals surface area contributed by atoms with Gasteiger partial charge in [-0.3, -0.25) is 9.89 Å². The highest BCUT2D eigenvalue weighted by Crippen LogP contribution is 2.15. The van der Waals surface area contributed by atoms with Crippen molar-refractivity contribution in [3.63, 3.8) is 0 Å². The minimum absolute atomic E-state index is 0.0225. The molecule has 5 heteroatoms. The summed E-state index contributed by atoms with van der Waals surface area (Å²) < 4.78 is 0. The number of hydrogen-bond donors (Lipinski definition) is 3. The Balaban J connectivity index is 1.98. The summed E-state index contributed by atoms with van der Waals surface area (Å²) in [7, 11) is 0. The predicted octanol–water partition coefficient (Wildman–Crippen LogP) is 1.11. The van der Waals surface area contributed by atoms with Crippen molar-refractivity contribution in [2.45, 2.75) is 39.2 Å². The zero-order valence-electron chi connectivity index (χ0n) is 9.76. The number of piperidine rings is 1. The van der Waals surface area contributed by atoms with E-state index in [4.69, 9.17) is 0 Å². The Morgan fingerprint density at radius 1 is 1.44 bits per heavy atom. The summed E-state index contributed by atoms with van der Waals surface area (Å²) in [6, 6.07) is -0.0647. The Kier molecular flexibility index (Phi) is 3.24. The first-order chi connectivity index (χ1) is 7.68. The molecule has 0 radical (unpaired) electrons. The third kappa shape index (κ3) is 2.24. The number of rotatable bonds is 2. The van der Waals surface area contributed by atoms with Crippen molar-refractivity contribution in [2.24, 2.45) is 0 Å². The summed E-state index contributed by atoms with van der Waals surface area (Å²) in [6.07, 6.45) is 3.18. The number of carbonyl (C=O) groups is 1. The van der Waals surface area contributed by atoms with Gasteiger partial charge in [-0.05, 0) is 33.2 Å². The van der Waals surface area contributed by atoms with Gasteiger partial charge >= 0.3 is 0 Å². The minimum Gasteiger partial charge on any atom is -0.308 e. The number of anilines is 1. The maximum Gasteiger partial charge on any atom is 0.242 e. The summed E-state index contributed by atoms with van der Waals surface area (Å²) in [5.74, 6) is 0.671. The highest BCUT2D eigenvalue weighted by Gasteiger charge is 2.21. The number of carbonyl (C=O) groups excluding carboxylic acids is 1. The third-order valence-corrected chi connectivity index (χ3v) is 3.12. The van der Waals surface area contributed by atoms with Crippen LogP contribution in [0.15, 0.2) is 0 Å². The second kappa shape index (κ2) is 4.65. The number of nitrogens with one attached hydrogen (secondary N) is 3. The van der Waals surface area contributed by atoms with Gasteiger partial charge in [0.15, 0.2) is 5.82 Å². The molecule has 1 amide bonds. The predicted molar refractivity (Wildman–Crippen MR) is 62.3 cm³/mol. The van der Waals surface area contributed by atoms with Crippen LogP contribution in [0.25, 0.3) is 0 Å². The van der Waals surface area contributed by atoms with Crippen LogP contribution in [0.4, 0.5) is 5.82 Å².